The molecule has 0 aliphatic heterocycles. The molecule has 20 heavy (non-hydrogen) atoms. The van der Waals surface area contributed by atoms with Gasteiger partial charge in [0.25, 0.3) is 5.91 Å². The molecule has 1 aliphatic rings. The van der Waals surface area contributed by atoms with E-state index in [-0.39, 0.29) is 5.91 Å². The molecule has 0 saturated carbocycles. The van der Waals surface area contributed by atoms with E-state index in [4.69, 9.17) is 11.6 Å². The van der Waals surface area contributed by atoms with Crippen molar-refractivity contribution in [1.29, 1.82) is 0 Å². The van der Waals surface area contributed by atoms with E-state index in [9.17, 15) is 4.79 Å². The second kappa shape index (κ2) is 5.68. The van der Waals surface area contributed by atoms with Gasteiger partial charge in [-0.15, -0.1) is 11.6 Å². The molecule has 0 atom stereocenters. The van der Waals surface area contributed by atoms with Crippen molar-refractivity contribution in [2.45, 2.75) is 25.1 Å². The van der Waals surface area contributed by atoms with Gasteiger partial charge in [0.1, 0.15) is 0 Å². The molecule has 0 unspecified atom stereocenters. The molecule has 0 radical (unpaired) electrons. The van der Waals surface area contributed by atoms with E-state index in [1.807, 2.05) is 36.4 Å². The Morgan fingerprint density at radius 1 is 1.10 bits per heavy atom. The largest absolute Gasteiger partial charge is 0.322 e. The molecular formula is C17H16ClNO. The predicted molar refractivity (Wildman–Crippen MR) is 82.4 cm³/mol. The van der Waals surface area contributed by atoms with Gasteiger partial charge in [0.15, 0.2) is 0 Å². The third-order valence-corrected chi connectivity index (χ3v) is 4.01. The number of alkyl halides is 1. The van der Waals surface area contributed by atoms with Crippen molar-refractivity contribution < 1.29 is 4.79 Å². The number of rotatable bonds is 3. The summed E-state index contributed by atoms with van der Waals surface area (Å²) in [6.07, 6.45) is 3.41. The fourth-order valence-electron chi connectivity index (χ4n) is 2.65. The van der Waals surface area contributed by atoms with Crippen molar-refractivity contribution in [1.82, 2.24) is 0 Å². The van der Waals surface area contributed by atoms with Crippen LogP contribution in [0.5, 0.6) is 0 Å². The Kier molecular flexibility index (Phi) is 3.75. The third-order valence-electron chi connectivity index (χ3n) is 3.70. The number of aryl methyl sites for hydroxylation is 2. The molecule has 0 bridgehead atoms. The van der Waals surface area contributed by atoms with Crippen molar-refractivity contribution in [3.05, 3.63) is 64.7 Å². The first-order chi connectivity index (χ1) is 9.76. The summed E-state index contributed by atoms with van der Waals surface area (Å²) in [4.78, 5) is 12.3. The maximum absolute atomic E-state index is 12.3. The quantitative estimate of drug-likeness (QED) is 0.843. The molecule has 2 nitrogen and oxygen atoms in total. The number of fused-ring (bicyclic) bond motifs is 1. The molecule has 3 heteroatoms. The molecule has 0 spiro atoms. The van der Waals surface area contributed by atoms with Crippen molar-refractivity contribution in [3.63, 3.8) is 0 Å². The van der Waals surface area contributed by atoms with Gasteiger partial charge >= 0.3 is 0 Å². The Morgan fingerprint density at radius 2 is 1.95 bits per heavy atom. The first-order valence-electron chi connectivity index (χ1n) is 6.84. The smallest absolute Gasteiger partial charge is 0.255 e. The van der Waals surface area contributed by atoms with Crippen LogP contribution in [0.2, 0.25) is 0 Å². The van der Waals surface area contributed by atoms with Gasteiger partial charge in [-0.05, 0) is 60.2 Å². The molecule has 1 aliphatic carbocycles. The second-order valence-corrected chi connectivity index (χ2v) is 5.39. The average molecular weight is 286 g/mol. The highest BCUT2D eigenvalue weighted by Crippen LogP contribution is 2.23. The molecular weight excluding hydrogens is 270 g/mol. The summed E-state index contributed by atoms with van der Waals surface area (Å²) in [5, 5.41) is 2.93. The summed E-state index contributed by atoms with van der Waals surface area (Å²) in [5.41, 5.74) is 5.20. The lowest BCUT2D eigenvalue weighted by Crippen LogP contribution is -2.12. The number of hydrogen-bond donors (Lipinski definition) is 1. The number of halogens is 1. The zero-order valence-corrected chi connectivity index (χ0v) is 11.9. The summed E-state index contributed by atoms with van der Waals surface area (Å²) in [5.74, 6) is 0.383. The number of amides is 1. The van der Waals surface area contributed by atoms with Crippen molar-refractivity contribution in [2.24, 2.45) is 0 Å². The van der Waals surface area contributed by atoms with Crippen LogP contribution in [0.3, 0.4) is 0 Å². The molecule has 0 saturated heterocycles. The minimum atomic E-state index is -0.0635. The van der Waals surface area contributed by atoms with Gasteiger partial charge < -0.3 is 5.32 Å². The van der Waals surface area contributed by atoms with E-state index in [1.54, 1.807) is 0 Å². The Labute approximate surface area is 123 Å². The van der Waals surface area contributed by atoms with E-state index >= 15 is 0 Å². The van der Waals surface area contributed by atoms with Crippen molar-refractivity contribution >= 4 is 23.2 Å². The molecule has 102 valence electrons. The predicted octanol–water partition coefficient (Wildman–Crippen LogP) is 4.17. The minimum Gasteiger partial charge on any atom is -0.322 e. The fourth-order valence-corrected chi connectivity index (χ4v) is 2.81. The van der Waals surface area contributed by atoms with E-state index in [0.717, 1.165) is 29.7 Å². The number of carbonyl (C=O) groups is 1. The summed E-state index contributed by atoms with van der Waals surface area (Å²) in [6, 6.07) is 13.6. The zero-order valence-electron chi connectivity index (χ0n) is 11.2. The van der Waals surface area contributed by atoms with Gasteiger partial charge in [0.05, 0.1) is 0 Å². The highest BCUT2D eigenvalue weighted by atomic mass is 35.5. The Bertz CT molecular complexity index is 651. The highest BCUT2D eigenvalue weighted by molar-refractivity contribution is 6.17. The van der Waals surface area contributed by atoms with Crippen molar-refractivity contribution in [2.75, 3.05) is 5.32 Å². The Hall–Kier alpha value is -1.80. The summed E-state index contributed by atoms with van der Waals surface area (Å²) < 4.78 is 0. The highest BCUT2D eigenvalue weighted by Gasteiger charge is 2.14. The molecule has 0 fully saturated rings. The van der Waals surface area contributed by atoms with Gasteiger partial charge in [-0.1, -0.05) is 18.2 Å². The van der Waals surface area contributed by atoms with Gasteiger partial charge in [0, 0.05) is 17.1 Å². The SMILES string of the molecule is O=C(Nc1cccc(CCl)c1)c1ccc2c(c1)CCC2. The Balaban J connectivity index is 1.79. The maximum atomic E-state index is 12.3. The number of anilines is 1. The monoisotopic (exact) mass is 285 g/mol. The lowest BCUT2D eigenvalue weighted by atomic mass is 10.1. The third kappa shape index (κ3) is 2.70. The number of benzene rings is 2. The van der Waals surface area contributed by atoms with Crippen LogP contribution in [0, 0.1) is 0 Å². The number of hydrogen-bond acceptors (Lipinski definition) is 1. The van der Waals surface area contributed by atoms with Crippen LogP contribution in [0.15, 0.2) is 42.5 Å². The second-order valence-electron chi connectivity index (χ2n) is 5.13. The van der Waals surface area contributed by atoms with E-state index in [0.29, 0.717) is 5.88 Å². The van der Waals surface area contributed by atoms with E-state index < -0.39 is 0 Å². The van der Waals surface area contributed by atoms with Gasteiger partial charge in [-0.3, -0.25) is 4.79 Å². The van der Waals surface area contributed by atoms with Crippen LogP contribution in [-0.2, 0) is 18.7 Å². The van der Waals surface area contributed by atoms with E-state index in [2.05, 4.69) is 11.4 Å². The van der Waals surface area contributed by atoms with E-state index in [1.165, 1.54) is 17.5 Å². The van der Waals surface area contributed by atoms with Crippen LogP contribution in [-0.4, -0.2) is 5.91 Å². The van der Waals surface area contributed by atoms with Crippen LogP contribution in [0.4, 0.5) is 5.69 Å². The summed E-state index contributed by atoms with van der Waals surface area (Å²) in [7, 11) is 0. The van der Waals surface area contributed by atoms with Crippen LogP contribution >= 0.6 is 11.6 Å². The Morgan fingerprint density at radius 3 is 2.80 bits per heavy atom. The summed E-state index contributed by atoms with van der Waals surface area (Å²) >= 11 is 5.80. The van der Waals surface area contributed by atoms with Crippen LogP contribution in [0.25, 0.3) is 0 Å². The molecule has 0 heterocycles. The van der Waals surface area contributed by atoms with Crippen LogP contribution < -0.4 is 5.32 Å². The average Bonchev–Trinajstić information content (AvgIpc) is 2.94. The minimum absolute atomic E-state index is 0.0635. The molecule has 1 amide bonds. The normalized spacial score (nSPS) is 13.1. The van der Waals surface area contributed by atoms with Crippen molar-refractivity contribution in [3.8, 4) is 0 Å². The molecule has 2 aromatic rings. The molecule has 0 aromatic heterocycles. The molecule has 3 rings (SSSR count). The zero-order chi connectivity index (χ0) is 13.9. The number of nitrogens with one attached hydrogen (secondary N) is 1. The fraction of sp³-hybridized carbons (Fsp3) is 0.235. The number of carbonyl (C=O) groups excluding carboxylic acids is 1. The standard InChI is InChI=1S/C17H16ClNO/c18-11-12-3-1-6-16(9-12)19-17(20)15-8-7-13-4-2-5-14(13)10-15/h1,3,6-10H,2,4-5,11H2,(H,19,20). The summed E-state index contributed by atoms with van der Waals surface area (Å²) in [6.45, 7) is 0. The maximum Gasteiger partial charge on any atom is 0.255 e. The topological polar surface area (TPSA) is 29.1 Å². The molecule has 2 aromatic carbocycles. The first kappa shape index (κ1) is 13.2. The molecule has 1 N–H and O–H groups in total. The van der Waals surface area contributed by atoms with Crippen LogP contribution in [0.1, 0.15) is 33.5 Å². The first-order valence-corrected chi connectivity index (χ1v) is 7.38. The van der Waals surface area contributed by atoms with Gasteiger partial charge in [0.2, 0.25) is 0 Å². The van der Waals surface area contributed by atoms with Gasteiger partial charge in [-0.2, -0.15) is 0 Å². The van der Waals surface area contributed by atoms with Gasteiger partial charge in [-0.25, -0.2) is 0 Å². The lowest BCUT2D eigenvalue weighted by Gasteiger charge is -2.08. The lowest BCUT2D eigenvalue weighted by molar-refractivity contribution is 0.102.